The summed E-state index contributed by atoms with van der Waals surface area (Å²) < 4.78 is 22.7. The van der Waals surface area contributed by atoms with Gasteiger partial charge in [-0.1, -0.05) is 31.2 Å². The summed E-state index contributed by atoms with van der Waals surface area (Å²) in [7, 11) is 0.895. The maximum absolute atomic E-state index is 13.9. The monoisotopic (exact) mass is 552 g/mol. The van der Waals surface area contributed by atoms with Crippen molar-refractivity contribution in [3.05, 3.63) is 36.3 Å². The van der Waals surface area contributed by atoms with Gasteiger partial charge in [0.15, 0.2) is 0 Å². The molecule has 3 aliphatic rings. The number of aromatic amines is 1. The zero-order valence-corrected chi connectivity index (χ0v) is 24.4. The van der Waals surface area contributed by atoms with Crippen molar-refractivity contribution >= 4 is 24.6 Å². The number of amides is 2. The number of nitrogens with one attached hydrogen (secondary N) is 2. The molecule has 1 aromatic heterocycles. The van der Waals surface area contributed by atoms with Crippen molar-refractivity contribution in [2.75, 3.05) is 26.9 Å². The highest BCUT2D eigenvalue weighted by atomic mass is 16.7. The Morgan fingerprint density at radius 3 is 2.40 bits per heavy atom. The van der Waals surface area contributed by atoms with Gasteiger partial charge in [-0.2, -0.15) is 0 Å². The lowest BCUT2D eigenvalue weighted by atomic mass is 9.79. The highest BCUT2D eigenvalue weighted by molar-refractivity contribution is 6.62. The first-order valence-electron chi connectivity index (χ1n) is 14.2. The first kappa shape index (κ1) is 28.6. The van der Waals surface area contributed by atoms with Crippen LogP contribution in [0.3, 0.4) is 0 Å². The van der Waals surface area contributed by atoms with Crippen molar-refractivity contribution in [2.24, 2.45) is 11.8 Å². The van der Waals surface area contributed by atoms with E-state index in [0.717, 1.165) is 29.0 Å². The Morgan fingerprint density at radius 1 is 1.12 bits per heavy atom. The van der Waals surface area contributed by atoms with Crippen molar-refractivity contribution in [3.63, 3.8) is 0 Å². The number of H-pyrrole nitrogens is 1. The van der Waals surface area contributed by atoms with E-state index in [1.807, 2.05) is 63.1 Å². The van der Waals surface area contributed by atoms with Crippen LogP contribution in [0.15, 0.2) is 30.5 Å². The molecule has 0 radical (unpaired) electrons. The Kier molecular flexibility index (Phi) is 8.00. The lowest BCUT2D eigenvalue weighted by Gasteiger charge is -2.34. The summed E-state index contributed by atoms with van der Waals surface area (Å²) in [6.45, 7) is 12.1. The summed E-state index contributed by atoms with van der Waals surface area (Å²) in [5.41, 5.74) is 2.02. The molecule has 4 heterocycles. The first-order chi connectivity index (χ1) is 19.0. The minimum Gasteiger partial charge on any atom is -0.453 e. The number of likely N-dealkylation sites (tertiary alicyclic amines) is 1. The number of aromatic nitrogens is 2. The highest BCUT2D eigenvalue weighted by Gasteiger charge is 2.51. The van der Waals surface area contributed by atoms with Crippen LogP contribution in [0.5, 0.6) is 0 Å². The Morgan fingerprint density at radius 2 is 1.77 bits per heavy atom. The predicted molar refractivity (Wildman–Crippen MR) is 151 cm³/mol. The molecular weight excluding hydrogens is 511 g/mol. The van der Waals surface area contributed by atoms with Gasteiger partial charge in [0.05, 0.1) is 36.2 Å². The van der Waals surface area contributed by atoms with Gasteiger partial charge in [-0.15, -0.1) is 0 Å². The number of hydrogen-bond acceptors (Lipinski definition) is 7. The van der Waals surface area contributed by atoms with Crippen LogP contribution in [0.2, 0.25) is 0 Å². The van der Waals surface area contributed by atoms with Crippen LogP contribution in [-0.2, 0) is 23.6 Å². The summed E-state index contributed by atoms with van der Waals surface area (Å²) in [5, 5.41) is 2.81. The topological polar surface area (TPSA) is 115 Å². The van der Waals surface area contributed by atoms with Crippen LogP contribution in [-0.4, -0.2) is 78.1 Å². The summed E-state index contributed by atoms with van der Waals surface area (Å²) in [6, 6.07) is 7.21. The van der Waals surface area contributed by atoms with E-state index in [4.69, 9.17) is 23.8 Å². The fourth-order valence-corrected chi connectivity index (χ4v) is 5.80. The molecule has 3 atom stereocenters. The Bertz CT molecular complexity index is 1190. The largest absolute Gasteiger partial charge is 0.494 e. The molecule has 2 N–H and O–H groups in total. The molecule has 11 heteroatoms. The van der Waals surface area contributed by atoms with E-state index in [-0.39, 0.29) is 17.9 Å². The van der Waals surface area contributed by atoms with E-state index in [0.29, 0.717) is 38.5 Å². The molecule has 3 saturated heterocycles. The third-order valence-electron chi connectivity index (χ3n) is 8.91. The van der Waals surface area contributed by atoms with E-state index >= 15 is 0 Å². The fraction of sp³-hybridized carbons (Fsp3) is 0.621. The Hall–Kier alpha value is -2.89. The molecule has 216 valence electrons. The Labute approximate surface area is 236 Å². The van der Waals surface area contributed by atoms with Gasteiger partial charge < -0.3 is 34.0 Å². The standard InChI is InChI=1S/C29H41BN4O6/c1-18-15-23(34(17-18)26(35)24(33-27(36)37-6)20-11-13-38-14-12-20)25-31-16-22(32-25)19-7-9-21(10-8-19)30-39-28(2,3)29(4,5)40-30/h7-10,16,18,20,23-24H,11-15,17H2,1-6H3,(H,31,32)(H,33,36)/t18-,23-,24-/m0/s1. The number of ether oxygens (including phenoxy) is 2. The number of carbonyl (C=O) groups excluding carboxylic acids is 2. The number of rotatable bonds is 6. The molecule has 3 aliphatic heterocycles. The summed E-state index contributed by atoms with van der Waals surface area (Å²) in [4.78, 5) is 36.1. The average molecular weight is 552 g/mol. The minimum absolute atomic E-state index is 0.00782. The molecule has 0 bridgehead atoms. The molecule has 0 aliphatic carbocycles. The number of methoxy groups -OCH3 is 1. The molecule has 5 rings (SSSR count). The molecule has 1 aromatic carbocycles. The second-order valence-corrected chi connectivity index (χ2v) is 12.3. The lowest BCUT2D eigenvalue weighted by molar-refractivity contribution is -0.137. The van der Waals surface area contributed by atoms with Crippen molar-refractivity contribution in [2.45, 2.75) is 77.2 Å². The molecule has 2 amide bonds. The van der Waals surface area contributed by atoms with Gasteiger partial charge in [-0.3, -0.25) is 4.79 Å². The van der Waals surface area contributed by atoms with Crippen molar-refractivity contribution < 1.29 is 28.4 Å². The summed E-state index contributed by atoms with van der Waals surface area (Å²) >= 11 is 0. The van der Waals surface area contributed by atoms with Crippen molar-refractivity contribution in [3.8, 4) is 11.3 Å². The molecule has 2 aromatic rings. The van der Waals surface area contributed by atoms with Gasteiger partial charge in [0, 0.05) is 19.8 Å². The zero-order valence-electron chi connectivity index (χ0n) is 24.4. The van der Waals surface area contributed by atoms with Crippen molar-refractivity contribution in [1.29, 1.82) is 0 Å². The van der Waals surface area contributed by atoms with Crippen LogP contribution in [0.4, 0.5) is 4.79 Å². The third-order valence-corrected chi connectivity index (χ3v) is 8.91. The highest BCUT2D eigenvalue weighted by Crippen LogP contribution is 2.38. The van der Waals surface area contributed by atoms with Gasteiger partial charge in [-0.25, -0.2) is 9.78 Å². The Balaban J connectivity index is 1.33. The van der Waals surface area contributed by atoms with Crippen LogP contribution < -0.4 is 10.8 Å². The maximum Gasteiger partial charge on any atom is 0.494 e. The van der Waals surface area contributed by atoms with Crippen LogP contribution in [0.1, 0.15) is 65.7 Å². The van der Waals surface area contributed by atoms with Crippen LogP contribution >= 0.6 is 0 Å². The number of benzene rings is 1. The molecule has 40 heavy (non-hydrogen) atoms. The smallest absolute Gasteiger partial charge is 0.453 e. The number of hydrogen-bond donors (Lipinski definition) is 2. The van der Waals surface area contributed by atoms with Gasteiger partial charge >= 0.3 is 13.2 Å². The van der Waals surface area contributed by atoms with Crippen LogP contribution in [0, 0.1) is 11.8 Å². The van der Waals surface area contributed by atoms with Gasteiger partial charge in [0.25, 0.3) is 0 Å². The van der Waals surface area contributed by atoms with E-state index in [9.17, 15) is 9.59 Å². The molecule has 3 fully saturated rings. The lowest BCUT2D eigenvalue weighted by Crippen LogP contribution is -2.53. The molecule has 0 unspecified atom stereocenters. The zero-order chi connectivity index (χ0) is 28.7. The SMILES string of the molecule is COC(=O)N[C@H](C(=O)N1C[C@@H](C)C[C@H]1c1ncc(-c2ccc(B3OC(C)(C)C(C)(C)O3)cc2)[nH]1)C1CCOCC1. The van der Waals surface area contributed by atoms with E-state index in [1.165, 1.54) is 7.11 Å². The van der Waals surface area contributed by atoms with Gasteiger partial charge in [-0.05, 0) is 69.8 Å². The van der Waals surface area contributed by atoms with Gasteiger partial charge in [0.1, 0.15) is 11.9 Å². The number of alkyl carbamates (subject to hydrolysis) is 1. The minimum atomic E-state index is -0.666. The van der Waals surface area contributed by atoms with Gasteiger partial charge in [0.2, 0.25) is 5.91 Å². The second-order valence-electron chi connectivity index (χ2n) is 12.3. The predicted octanol–water partition coefficient (Wildman–Crippen LogP) is 3.44. The second kappa shape index (κ2) is 11.2. The van der Waals surface area contributed by atoms with Crippen molar-refractivity contribution in [1.82, 2.24) is 20.2 Å². The van der Waals surface area contributed by atoms with E-state index < -0.39 is 30.5 Å². The average Bonchev–Trinajstić information content (AvgIpc) is 3.63. The quantitative estimate of drug-likeness (QED) is 0.528. The molecule has 0 spiro atoms. The molecular formula is C29H41BN4O6. The van der Waals surface area contributed by atoms with E-state index in [2.05, 4.69) is 17.2 Å². The fourth-order valence-electron chi connectivity index (χ4n) is 5.80. The molecule has 0 saturated carbocycles. The number of nitrogens with zero attached hydrogens (tertiary/aromatic N) is 2. The summed E-state index contributed by atoms with van der Waals surface area (Å²) in [5.74, 6) is 0.935. The number of carbonyl (C=O) groups is 2. The molecule has 10 nitrogen and oxygen atoms in total. The number of imidazole rings is 1. The normalized spacial score (nSPS) is 25.1. The van der Waals surface area contributed by atoms with E-state index in [1.54, 1.807) is 0 Å². The third kappa shape index (κ3) is 5.64. The first-order valence-corrected chi connectivity index (χ1v) is 14.2. The summed E-state index contributed by atoms with van der Waals surface area (Å²) in [6.07, 6.45) is 3.42. The maximum atomic E-state index is 13.9. The van der Waals surface area contributed by atoms with Crippen LogP contribution in [0.25, 0.3) is 11.3 Å².